The first-order valence-corrected chi connectivity index (χ1v) is 7.68. The van der Waals surface area contributed by atoms with Crippen LogP contribution in [0, 0.1) is 0 Å². The van der Waals surface area contributed by atoms with Gasteiger partial charge in [0, 0.05) is 11.9 Å². The molecule has 0 amide bonds. The van der Waals surface area contributed by atoms with Gasteiger partial charge in [-0.3, -0.25) is 0 Å². The number of nitrogens with zero attached hydrogens (tertiary/aromatic N) is 4. The molecule has 15 nitrogen and oxygen atoms in total. The molecule has 0 bridgehead atoms. The van der Waals surface area contributed by atoms with Crippen LogP contribution in [0.2, 0.25) is 0 Å². The molecule has 4 aromatic rings. The summed E-state index contributed by atoms with van der Waals surface area (Å²) < 4.78 is 0. The van der Waals surface area contributed by atoms with Gasteiger partial charge in [0.05, 0.1) is 0 Å². The Morgan fingerprint density at radius 3 is 1.52 bits per heavy atom. The van der Waals surface area contributed by atoms with E-state index >= 15 is 0 Å². The van der Waals surface area contributed by atoms with Gasteiger partial charge in [-0.25, -0.2) is 9.97 Å². The Labute approximate surface area is 161 Å². The lowest BCUT2D eigenvalue weighted by atomic mass is 10.3. The molecule has 0 saturated heterocycles. The number of nitrogen functional groups attached to an aromatic ring is 2. The van der Waals surface area contributed by atoms with Gasteiger partial charge >= 0.3 is 0 Å². The van der Waals surface area contributed by atoms with Gasteiger partial charge in [0.15, 0.2) is 23.7 Å². The number of aliphatic carboxylic acids is 2. The lowest BCUT2D eigenvalue weighted by Gasteiger charge is -2.00. The van der Waals surface area contributed by atoms with Crippen LogP contribution in [-0.4, -0.2) is 47.3 Å². The number of H-pyrrole nitrogens is 4. The fourth-order valence-corrected chi connectivity index (χ4v) is 1.86. The highest BCUT2D eigenvalue weighted by atomic mass is 16.4. The van der Waals surface area contributed by atoms with Gasteiger partial charge in [-0.15, -0.1) is 0 Å². The Bertz CT molecular complexity index is 993. The minimum atomic E-state index is -1.37. The van der Waals surface area contributed by atoms with Gasteiger partial charge in [0.25, 0.3) is 11.3 Å². The van der Waals surface area contributed by atoms with Crippen LogP contribution in [0.1, 0.15) is 12.8 Å². The molecule has 0 aromatic carbocycles. The van der Waals surface area contributed by atoms with Crippen LogP contribution >= 0.6 is 0 Å². The van der Waals surface area contributed by atoms with E-state index in [1.54, 1.807) is 12.7 Å². The number of carbonyl (C=O) groups excluding carboxylic acids is 2. The van der Waals surface area contributed by atoms with Gasteiger partial charge < -0.3 is 46.7 Å². The second-order valence-corrected chi connectivity index (χ2v) is 5.07. The molecule has 0 atom stereocenters. The summed E-state index contributed by atoms with van der Waals surface area (Å²) in [5, 5.41) is 19.0. The summed E-state index contributed by atoms with van der Waals surface area (Å²) in [4.78, 5) is 46.0. The second kappa shape index (κ2) is 10.7. The summed E-state index contributed by atoms with van der Waals surface area (Å²) >= 11 is 0. The topological polar surface area (TPSA) is 275 Å². The molecule has 0 unspecified atom stereocenters. The molecule has 4 rings (SSSR count). The van der Waals surface area contributed by atoms with Crippen LogP contribution in [0.15, 0.2) is 25.3 Å². The molecular weight excluding hydrogens is 388 g/mol. The lowest BCUT2D eigenvalue weighted by Crippen LogP contribution is -2.27. The van der Waals surface area contributed by atoms with Crippen molar-refractivity contribution in [1.29, 1.82) is 0 Å². The van der Waals surface area contributed by atoms with Crippen molar-refractivity contribution < 1.29 is 35.2 Å². The lowest BCUT2D eigenvalue weighted by molar-refractivity contribution is -0.352. The van der Waals surface area contributed by atoms with Crippen molar-refractivity contribution in [1.82, 2.24) is 29.9 Å². The summed E-state index contributed by atoms with van der Waals surface area (Å²) in [6.45, 7) is 0. The molecule has 29 heavy (non-hydrogen) atoms. The Kier molecular flexibility index (Phi) is 8.34. The molecule has 0 fully saturated rings. The highest BCUT2D eigenvalue weighted by molar-refractivity contribution is 5.78. The first-order valence-electron chi connectivity index (χ1n) is 7.68. The van der Waals surface area contributed by atoms with Gasteiger partial charge in [-0.1, -0.05) is 19.9 Å². The van der Waals surface area contributed by atoms with Crippen LogP contribution in [0.4, 0.5) is 11.6 Å². The number of hydrogen-bond donors (Lipinski definition) is 4. The van der Waals surface area contributed by atoms with E-state index in [2.05, 4.69) is 39.9 Å². The van der Waals surface area contributed by atoms with E-state index in [0.717, 1.165) is 22.3 Å². The highest BCUT2D eigenvalue weighted by Crippen LogP contribution is 2.07. The van der Waals surface area contributed by atoms with Crippen molar-refractivity contribution in [3.8, 4) is 0 Å². The smallest absolute Gasteiger partial charge is 0.290 e. The van der Waals surface area contributed by atoms with Crippen molar-refractivity contribution in [2.24, 2.45) is 0 Å². The van der Waals surface area contributed by atoms with Crippen molar-refractivity contribution in [2.75, 3.05) is 11.5 Å². The Morgan fingerprint density at radius 2 is 1.21 bits per heavy atom. The van der Waals surface area contributed by atoms with Gasteiger partial charge in [-0.2, -0.15) is 0 Å². The number of hydrogen-bond acceptors (Lipinski definition) is 10. The average molecular weight is 406 g/mol. The second-order valence-electron chi connectivity index (χ2n) is 5.07. The third kappa shape index (κ3) is 6.68. The van der Waals surface area contributed by atoms with Crippen LogP contribution in [0.3, 0.4) is 0 Å². The van der Waals surface area contributed by atoms with Gasteiger partial charge in [-0.05, 0) is 12.8 Å². The predicted octanol–water partition coefficient (Wildman–Crippen LogP) is -4.85. The van der Waals surface area contributed by atoms with E-state index in [1.807, 2.05) is 0 Å². The van der Waals surface area contributed by atoms with Crippen LogP contribution in [0.5, 0.6) is 0 Å². The van der Waals surface area contributed by atoms with Gasteiger partial charge in [0.2, 0.25) is 24.3 Å². The summed E-state index contributed by atoms with van der Waals surface area (Å²) in [5.74, 6) is -1.80. The number of rotatable bonds is 3. The minimum Gasteiger partial charge on any atom is -0.550 e. The Hall–Kier alpha value is -4.40. The molecule has 0 saturated carbocycles. The van der Waals surface area contributed by atoms with E-state index in [0.29, 0.717) is 11.6 Å². The molecule has 10 N–H and O–H groups in total. The summed E-state index contributed by atoms with van der Waals surface area (Å²) in [6.07, 6.45) is 5.22. The van der Waals surface area contributed by atoms with E-state index in [1.165, 1.54) is 12.7 Å². The molecular formula is C14H18N10O5. The van der Waals surface area contributed by atoms with Crippen molar-refractivity contribution in [3.05, 3.63) is 25.3 Å². The molecule has 0 radical (unpaired) electrons. The average Bonchev–Trinajstić information content (AvgIpc) is 3.31. The molecule has 0 aliphatic rings. The molecule has 0 spiro atoms. The molecule has 4 heterocycles. The summed E-state index contributed by atoms with van der Waals surface area (Å²) in [5.41, 5.74) is 14.0. The zero-order chi connectivity index (χ0) is 20.5. The van der Waals surface area contributed by atoms with E-state index in [9.17, 15) is 19.8 Å². The largest absolute Gasteiger partial charge is 0.550 e. The zero-order valence-electron chi connectivity index (χ0n) is 14.8. The van der Waals surface area contributed by atoms with E-state index in [4.69, 9.17) is 11.5 Å². The third-order valence-corrected chi connectivity index (χ3v) is 3.13. The normalized spacial score (nSPS) is 9.52. The van der Waals surface area contributed by atoms with Crippen LogP contribution in [-0.2, 0) is 9.59 Å². The fraction of sp³-hybridized carbons (Fsp3) is 0.143. The quantitative estimate of drug-likeness (QED) is 0.251. The maximum absolute atomic E-state index is 9.50. The van der Waals surface area contributed by atoms with Crippen molar-refractivity contribution >= 4 is 45.9 Å². The zero-order valence-corrected chi connectivity index (χ0v) is 14.8. The number of nitrogens with one attached hydrogen (secondary N) is 4. The predicted molar refractivity (Wildman–Crippen MR) is 92.6 cm³/mol. The number of carboxylic acid groups (broad SMARTS) is 2. The minimum absolute atomic E-state index is 0. The fourth-order valence-electron chi connectivity index (χ4n) is 1.86. The number of aromatic amines is 4. The highest BCUT2D eigenvalue weighted by Gasteiger charge is 2.07. The number of aromatic nitrogens is 8. The SMILES string of the molecule is Nc1nc[nH+]c2nc[nH]c12.Nc1nc[nH+]c2nc[nH]c12.O.O=C([O-])CCC(=O)[O-]. The number of carboxylic acids is 2. The summed E-state index contributed by atoms with van der Waals surface area (Å²) in [6, 6.07) is 0. The first kappa shape index (κ1) is 22.6. The maximum atomic E-state index is 9.50. The number of fused-ring (bicyclic) bond motifs is 2. The van der Waals surface area contributed by atoms with Crippen molar-refractivity contribution in [2.45, 2.75) is 12.8 Å². The monoisotopic (exact) mass is 406 g/mol. The molecule has 0 aliphatic heterocycles. The van der Waals surface area contributed by atoms with Crippen molar-refractivity contribution in [3.63, 3.8) is 0 Å². The number of nitrogens with two attached hydrogens (primary N) is 2. The number of imidazole rings is 2. The maximum Gasteiger partial charge on any atom is 0.290 e. The Balaban J connectivity index is 0.000000216. The van der Waals surface area contributed by atoms with E-state index < -0.39 is 24.8 Å². The molecule has 0 aliphatic carbocycles. The van der Waals surface area contributed by atoms with Crippen LogP contribution < -0.4 is 31.6 Å². The molecule has 15 heteroatoms. The van der Waals surface area contributed by atoms with Crippen LogP contribution in [0.25, 0.3) is 22.3 Å². The van der Waals surface area contributed by atoms with Gasteiger partial charge in [0.1, 0.15) is 0 Å². The standard InChI is InChI=1S/2C5H5N5.C4H6O4.H2O/c2*6-4-3-5(9-1-7-3)10-2-8-4;5-3(6)1-2-4(7)8;/h2*1-2H,(H3,6,7,8,9,10);1-2H2,(H,5,6)(H,7,8);1H2. The van der Waals surface area contributed by atoms with E-state index in [-0.39, 0.29) is 5.48 Å². The summed E-state index contributed by atoms with van der Waals surface area (Å²) in [7, 11) is 0. The number of anilines is 2. The Morgan fingerprint density at radius 1 is 0.828 bits per heavy atom. The number of carbonyl (C=O) groups is 2. The molecule has 154 valence electrons. The first-order chi connectivity index (χ1) is 13.4. The molecule has 4 aromatic heterocycles. The third-order valence-electron chi connectivity index (χ3n) is 3.13.